The van der Waals surface area contributed by atoms with Crippen molar-refractivity contribution in [1.82, 2.24) is 39.7 Å². The average molecular weight is 488 g/mol. The number of rotatable bonds is 5. The van der Waals surface area contributed by atoms with Crippen molar-refractivity contribution >= 4 is 23.2 Å². The number of nitrogen functional groups attached to an aromatic ring is 1. The molecule has 2 saturated heterocycles. The summed E-state index contributed by atoms with van der Waals surface area (Å²) in [6.45, 7) is 0.994. The van der Waals surface area contributed by atoms with Crippen LogP contribution in [0.4, 0.5) is 5.82 Å². The number of carbonyl (C=O) groups is 2. The largest absolute Gasteiger partial charge is 0.387 e. The first-order valence-corrected chi connectivity index (χ1v) is 11.9. The Morgan fingerprint density at radius 2 is 1.94 bits per heavy atom. The van der Waals surface area contributed by atoms with Crippen LogP contribution in [-0.2, 0) is 4.79 Å². The summed E-state index contributed by atoms with van der Waals surface area (Å²) < 4.78 is 1.50. The molecule has 184 valence electrons. The van der Waals surface area contributed by atoms with E-state index in [1.54, 1.807) is 12.4 Å². The van der Waals surface area contributed by atoms with Gasteiger partial charge in [-0.15, -0.1) is 0 Å². The summed E-state index contributed by atoms with van der Waals surface area (Å²) in [6.07, 6.45) is 7.90. The molecule has 4 N–H and O–H groups in total. The van der Waals surface area contributed by atoms with Crippen LogP contribution < -0.4 is 5.73 Å². The maximum absolute atomic E-state index is 12.7. The van der Waals surface area contributed by atoms with Gasteiger partial charge in [-0.05, 0) is 38.7 Å². The molecular weight excluding hydrogens is 462 g/mol. The molecule has 0 radical (unpaired) electrons. The molecule has 2 aliphatic rings. The lowest BCUT2D eigenvalue weighted by Gasteiger charge is -2.39. The lowest BCUT2D eigenvalue weighted by Crippen LogP contribution is -2.47. The first-order valence-electron chi connectivity index (χ1n) is 11.9. The van der Waals surface area contributed by atoms with E-state index in [-0.39, 0.29) is 35.5 Å². The number of anilines is 1. The number of hydrogen-bond donors (Lipinski definition) is 3. The maximum atomic E-state index is 12.7. The molecule has 2 fully saturated rings. The van der Waals surface area contributed by atoms with Gasteiger partial charge < -0.3 is 15.7 Å². The van der Waals surface area contributed by atoms with Crippen LogP contribution in [0.2, 0.25) is 0 Å². The van der Waals surface area contributed by atoms with Gasteiger partial charge in [0.05, 0.1) is 17.5 Å². The number of fused-ring (bicyclic) bond motifs is 3. The molecule has 2 bridgehead atoms. The van der Waals surface area contributed by atoms with Gasteiger partial charge in [0, 0.05) is 35.3 Å². The van der Waals surface area contributed by atoms with Crippen molar-refractivity contribution in [2.75, 3.05) is 12.3 Å². The van der Waals surface area contributed by atoms with Gasteiger partial charge in [0.25, 0.3) is 0 Å². The number of aromatic nitrogens is 7. The Morgan fingerprint density at radius 1 is 1.17 bits per heavy atom. The number of nitrogens with two attached hydrogens (primary N) is 1. The summed E-state index contributed by atoms with van der Waals surface area (Å²) in [4.78, 5) is 40.4. The normalized spacial score (nSPS) is 21.3. The highest BCUT2D eigenvalue weighted by Gasteiger charge is 2.44. The molecular formula is C24H25N9O3. The molecule has 4 aromatic heterocycles. The second-order valence-electron chi connectivity index (χ2n) is 9.39. The van der Waals surface area contributed by atoms with Gasteiger partial charge in [0.2, 0.25) is 5.91 Å². The Hall–Kier alpha value is -4.19. The number of amides is 1. The van der Waals surface area contributed by atoms with E-state index in [1.807, 2.05) is 17.0 Å². The number of nitrogens with zero attached hydrogens (tertiary/aromatic N) is 7. The first-order chi connectivity index (χ1) is 17.5. The quantitative estimate of drug-likeness (QED) is 0.354. The van der Waals surface area contributed by atoms with Crippen molar-refractivity contribution in [3.05, 3.63) is 42.1 Å². The number of aliphatic hydroxyl groups excluding tert-OH is 1. The Labute approximate surface area is 205 Å². The van der Waals surface area contributed by atoms with E-state index in [0.717, 1.165) is 24.0 Å². The first kappa shape index (κ1) is 22.3. The zero-order valence-electron chi connectivity index (χ0n) is 19.6. The van der Waals surface area contributed by atoms with Crippen LogP contribution in [0.5, 0.6) is 0 Å². The molecule has 12 nitrogen and oxygen atoms in total. The van der Waals surface area contributed by atoms with E-state index in [9.17, 15) is 14.7 Å². The highest BCUT2D eigenvalue weighted by atomic mass is 16.3. The minimum atomic E-state index is -0.490. The number of aliphatic hydroxyl groups is 1. The molecule has 2 unspecified atom stereocenters. The molecule has 1 amide bonds. The third kappa shape index (κ3) is 3.44. The monoisotopic (exact) mass is 487 g/mol. The number of Topliss-reactive ketones (excluding diaryl/α,β-unsaturated/α-hetero) is 1. The van der Waals surface area contributed by atoms with Crippen LogP contribution in [0.3, 0.4) is 0 Å². The van der Waals surface area contributed by atoms with Gasteiger partial charge in [-0.1, -0.05) is 6.07 Å². The standard InChI is InChI=1S/C24H25N9O3/c1-12(35)20-21(14-6-15-3-4-16(7-14)32(15)19(36)10-34)30-24-17(9-29-33(24)22(20)25)13-2-5-18(26-8-13)23-27-11-28-31-23/h2,5,8-9,11,14-16,34H,3-4,6-7,10,25H2,1H3,(H,27,28,31). The Balaban J connectivity index is 1.42. The molecule has 0 saturated carbocycles. The maximum Gasteiger partial charge on any atom is 0.248 e. The van der Waals surface area contributed by atoms with Gasteiger partial charge in [0.15, 0.2) is 17.3 Å². The van der Waals surface area contributed by atoms with Crippen molar-refractivity contribution in [2.24, 2.45) is 0 Å². The smallest absolute Gasteiger partial charge is 0.248 e. The summed E-state index contributed by atoms with van der Waals surface area (Å²) in [5, 5.41) is 20.5. The van der Waals surface area contributed by atoms with Crippen LogP contribution in [0, 0.1) is 0 Å². The van der Waals surface area contributed by atoms with E-state index in [0.29, 0.717) is 41.3 Å². The molecule has 6 rings (SSSR count). The third-order valence-electron chi connectivity index (χ3n) is 7.34. The van der Waals surface area contributed by atoms with Crippen LogP contribution in [-0.4, -0.2) is 75.2 Å². The van der Waals surface area contributed by atoms with E-state index >= 15 is 0 Å². The topological polar surface area (TPSA) is 168 Å². The number of ketones is 1. The second kappa shape index (κ2) is 8.48. The van der Waals surface area contributed by atoms with E-state index < -0.39 is 6.61 Å². The number of pyridine rings is 1. The van der Waals surface area contributed by atoms with Gasteiger partial charge in [-0.25, -0.2) is 9.97 Å². The van der Waals surface area contributed by atoms with Gasteiger partial charge in [-0.3, -0.25) is 19.7 Å². The van der Waals surface area contributed by atoms with Crippen LogP contribution >= 0.6 is 0 Å². The lowest BCUT2D eigenvalue weighted by molar-refractivity contribution is -0.138. The molecule has 4 aromatic rings. The van der Waals surface area contributed by atoms with Crippen LogP contribution in [0.1, 0.15) is 54.6 Å². The summed E-state index contributed by atoms with van der Waals surface area (Å²) in [5.41, 5.74) is 10.3. The van der Waals surface area contributed by atoms with Crippen molar-refractivity contribution in [3.8, 4) is 22.6 Å². The zero-order chi connectivity index (χ0) is 25.0. The molecule has 36 heavy (non-hydrogen) atoms. The summed E-state index contributed by atoms with van der Waals surface area (Å²) in [6, 6.07) is 3.77. The summed E-state index contributed by atoms with van der Waals surface area (Å²) in [5.74, 6) is 0.369. The molecule has 0 aromatic carbocycles. The highest BCUT2D eigenvalue weighted by molar-refractivity contribution is 6.00. The fourth-order valence-electron chi connectivity index (χ4n) is 5.80. The predicted octanol–water partition coefficient (Wildman–Crippen LogP) is 1.59. The minimum absolute atomic E-state index is 0.0182. The van der Waals surface area contributed by atoms with Gasteiger partial charge >= 0.3 is 0 Å². The van der Waals surface area contributed by atoms with Crippen molar-refractivity contribution in [3.63, 3.8) is 0 Å². The summed E-state index contributed by atoms with van der Waals surface area (Å²) >= 11 is 0. The van der Waals surface area contributed by atoms with Crippen molar-refractivity contribution in [2.45, 2.75) is 50.6 Å². The molecule has 2 atom stereocenters. The number of aromatic amines is 1. The Bertz CT molecular complexity index is 1450. The van der Waals surface area contributed by atoms with Gasteiger partial charge in [-0.2, -0.15) is 14.7 Å². The fraction of sp³-hybridized carbons (Fsp3) is 0.375. The molecule has 6 heterocycles. The molecule has 0 aliphatic carbocycles. The number of nitrogens with one attached hydrogen (secondary N) is 1. The van der Waals surface area contributed by atoms with Crippen molar-refractivity contribution < 1.29 is 14.7 Å². The zero-order valence-corrected chi connectivity index (χ0v) is 19.6. The highest BCUT2D eigenvalue weighted by Crippen LogP contribution is 2.44. The third-order valence-corrected chi connectivity index (χ3v) is 7.34. The second-order valence-corrected chi connectivity index (χ2v) is 9.39. The molecule has 0 spiro atoms. The van der Waals surface area contributed by atoms with Crippen molar-refractivity contribution in [1.29, 1.82) is 0 Å². The number of hydrogen-bond acceptors (Lipinski definition) is 9. The van der Waals surface area contributed by atoms with E-state index in [4.69, 9.17) is 10.7 Å². The molecule has 2 aliphatic heterocycles. The number of piperidine rings is 1. The fourth-order valence-corrected chi connectivity index (χ4v) is 5.80. The Morgan fingerprint density at radius 3 is 2.56 bits per heavy atom. The van der Waals surface area contributed by atoms with Gasteiger partial charge in [0.1, 0.15) is 24.4 Å². The lowest BCUT2D eigenvalue weighted by atomic mass is 9.85. The number of carbonyl (C=O) groups excluding carboxylic acids is 2. The predicted molar refractivity (Wildman–Crippen MR) is 129 cm³/mol. The SMILES string of the molecule is CC(=O)c1c(C2CC3CCC(C2)N3C(=O)CO)nc2c(-c3ccc(-c4ncn[nH]4)nc3)cnn2c1N. The van der Waals surface area contributed by atoms with E-state index in [1.165, 1.54) is 17.8 Å². The van der Waals surface area contributed by atoms with Crippen LogP contribution in [0.25, 0.3) is 28.3 Å². The van der Waals surface area contributed by atoms with E-state index in [2.05, 4.69) is 25.3 Å². The Kier molecular flexibility index (Phi) is 5.25. The molecule has 12 heteroatoms. The van der Waals surface area contributed by atoms with Crippen LogP contribution in [0.15, 0.2) is 30.9 Å². The number of H-pyrrole nitrogens is 1. The minimum Gasteiger partial charge on any atom is -0.387 e. The average Bonchev–Trinajstić information content (AvgIpc) is 3.62. The summed E-state index contributed by atoms with van der Waals surface area (Å²) in [7, 11) is 0.